The number of fused-ring (bicyclic) bond motifs is 2. The van der Waals surface area contributed by atoms with Crippen LogP contribution in [-0.2, 0) is 14.3 Å². The molecule has 2 amide bonds. The maximum Gasteiger partial charge on any atom is 0.254 e. The van der Waals surface area contributed by atoms with Crippen molar-refractivity contribution in [2.24, 2.45) is 11.8 Å². The van der Waals surface area contributed by atoms with Crippen LogP contribution in [0.4, 0.5) is 17.2 Å². The number of ether oxygens (including phenoxy) is 3. The van der Waals surface area contributed by atoms with Crippen molar-refractivity contribution in [3.05, 3.63) is 95.9 Å². The van der Waals surface area contributed by atoms with E-state index in [1.54, 1.807) is 42.5 Å². The number of hydrogen-bond acceptors (Lipinski definition) is 17. The molecule has 7 heterocycles. The van der Waals surface area contributed by atoms with Crippen molar-refractivity contribution in [2.45, 2.75) is 159 Å². The number of phenols is 1. The van der Waals surface area contributed by atoms with E-state index in [0.29, 0.717) is 58.2 Å². The first kappa shape index (κ1) is 53.0. The monoisotopic (exact) mass is 1060 g/mol. The minimum Gasteiger partial charge on any atom is -0.507 e. The van der Waals surface area contributed by atoms with E-state index >= 15 is 0 Å². The molecule has 5 N–H and O–H groups in total. The molecule has 2 bridgehead atoms. The number of likely N-dealkylation sites (tertiary alicyclic amines) is 2. The summed E-state index contributed by atoms with van der Waals surface area (Å²) < 4.78 is 25.2. The number of rotatable bonds is 17. The van der Waals surface area contributed by atoms with Crippen LogP contribution in [0.25, 0.3) is 11.3 Å². The van der Waals surface area contributed by atoms with Crippen LogP contribution in [0.2, 0.25) is 0 Å². The minimum absolute atomic E-state index is 0.0225. The van der Waals surface area contributed by atoms with Gasteiger partial charge in [-0.3, -0.25) is 14.5 Å². The number of benzene rings is 2. The maximum atomic E-state index is 14.2. The van der Waals surface area contributed by atoms with Gasteiger partial charge in [0.1, 0.15) is 29.9 Å². The largest absolute Gasteiger partial charge is 0.507 e. The Labute approximate surface area is 456 Å². The highest BCUT2D eigenvalue weighted by Gasteiger charge is 2.48. The number of hydrogen-bond donors (Lipinski definition) is 4. The van der Waals surface area contributed by atoms with E-state index in [9.17, 15) is 19.8 Å². The second kappa shape index (κ2) is 22.0. The number of carbonyl (C=O) groups excluding carboxylic acids is 2. The molecule has 2 aliphatic carbocycles. The van der Waals surface area contributed by atoms with Crippen molar-refractivity contribution in [3.8, 4) is 34.8 Å². The van der Waals surface area contributed by atoms with E-state index in [2.05, 4.69) is 72.4 Å². The predicted molar refractivity (Wildman–Crippen MR) is 292 cm³/mol. The van der Waals surface area contributed by atoms with Crippen LogP contribution in [0.3, 0.4) is 0 Å². The van der Waals surface area contributed by atoms with E-state index in [1.165, 1.54) is 4.90 Å². The second-order valence-electron chi connectivity index (χ2n) is 23.4. The van der Waals surface area contributed by atoms with Crippen LogP contribution in [0.5, 0.6) is 17.5 Å². The van der Waals surface area contributed by atoms with E-state index < -0.39 is 18.1 Å². The number of nitrogens with zero attached hydrogens (tertiary/aromatic N) is 9. The molecule has 19 heteroatoms. The van der Waals surface area contributed by atoms with Crippen molar-refractivity contribution >= 4 is 29.0 Å². The Morgan fingerprint density at radius 1 is 0.846 bits per heavy atom. The summed E-state index contributed by atoms with van der Waals surface area (Å²) in [7, 11) is 0. The number of nitrogens with one attached hydrogen (secondary N) is 1. The van der Waals surface area contributed by atoms with Gasteiger partial charge in [0, 0.05) is 99.2 Å². The lowest BCUT2D eigenvalue weighted by Crippen LogP contribution is -2.58. The van der Waals surface area contributed by atoms with Gasteiger partial charge in [-0.2, -0.15) is 5.26 Å². The molecule has 78 heavy (non-hydrogen) atoms. The lowest BCUT2D eigenvalue weighted by atomic mass is 9.69. The van der Waals surface area contributed by atoms with Crippen molar-refractivity contribution in [2.75, 3.05) is 48.3 Å². The Hall–Kier alpha value is -7.01. The molecule has 6 aliphatic rings. The number of amides is 2. The highest BCUT2D eigenvalue weighted by atomic mass is 16.5. The number of pyridine rings is 1. The van der Waals surface area contributed by atoms with Crippen LogP contribution in [-0.4, -0.2) is 139 Å². The van der Waals surface area contributed by atoms with Crippen LogP contribution in [0.1, 0.15) is 121 Å². The summed E-state index contributed by atoms with van der Waals surface area (Å²) >= 11 is 0. The van der Waals surface area contributed by atoms with Crippen molar-refractivity contribution in [1.82, 2.24) is 35.5 Å². The summed E-state index contributed by atoms with van der Waals surface area (Å²) in [5.74, 6) is 0.774. The zero-order valence-corrected chi connectivity index (χ0v) is 45.3. The predicted octanol–water partition coefficient (Wildman–Crippen LogP) is 7.15. The van der Waals surface area contributed by atoms with Crippen molar-refractivity contribution in [3.63, 3.8) is 0 Å². The van der Waals surface area contributed by atoms with Gasteiger partial charge < -0.3 is 54.7 Å². The summed E-state index contributed by atoms with van der Waals surface area (Å²) in [6.07, 6.45) is 9.14. The van der Waals surface area contributed by atoms with Gasteiger partial charge in [-0.05, 0) is 118 Å². The number of β-amino-alcohol motifs (C(OH)–C–C–N with tert-alkyl or cyclic N) is 1. The average Bonchev–Trinajstić information content (AvgIpc) is 4.19. The van der Waals surface area contributed by atoms with Crippen molar-refractivity contribution in [1.29, 1.82) is 5.26 Å². The molecule has 412 valence electrons. The van der Waals surface area contributed by atoms with E-state index in [1.807, 2.05) is 45.2 Å². The lowest BCUT2D eigenvalue weighted by Gasteiger charge is -2.52. The molecule has 2 saturated carbocycles. The number of nitrogen functional groups attached to an aromatic ring is 1. The molecule has 4 aliphatic heterocycles. The second-order valence-corrected chi connectivity index (χ2v) is 23.4. The highest BCUT2D eigenvalue weighted by molar-refractivity contribution is 5.91. The van der Waals surface area contributed by atoms with E-state index in [-0.39, 0.29) is 72.4 Å². The topological polar surface area (TPSA) is 242 Å². The number of phenolic OH excluding ortho intramolecular Hbond substituents is 1. The number of nitriles is 1. The molecule has 19 nitrogen and oxygen atoms in total. The number of aliphatic hydroxyl groups excluding tert-OH is 1. The quantitative estimate of drug-likeness (QED) is 0.0723. The number of anilines is 3. The van der Waals surface area contributed by atoms with Gasteiger partial charge in [-0.15, -0.1) is 10.2 Å². The third-order valence-electron chi connectivity index (χ3n) is 17.7. The Morgan fingerprint density at radius 3 is 2.26 bits per heavy atom. The number of aliphatic hydroxyl groups is 1. The molecule has 1 unspecified atom stereocenters. The van der Waals surface area contributed by atoms with Gasteiger partial charge in [-0.25, -0.2) is 4.98 Å². The van der Waals surface area contributed by atoms with E-state index in [4.69, 9.17) is 29.7 Å². The Morgan fingerprint density at radius 2 is 1.55 bits per heavy atom. The summed E-state index contributed by atoms with van der Waals surface area (Å²) in [6, 6.07) is 23.4. The molecule has 0 spiro atoms. The average molecular weight is 1060 g/mol. The zero-order chi connectivity index (χ0) is 54.4. The Balaban J connectivity index is 0.609. The van der Waals surface area contributed by atoms with Gasteiger partial charge >= 0.3 is 0 Å². The van der Waals surface area contributed by atoms with Crippen molar-refractivity contribution < 1.29 is 38.5 Å². The molecule has 11 rings (SSSR count). The fraction of sp³-hybridized carbons (Fsp3) is 0.542. The summed E-state index contributed by atoms with van der Waals surface area (Å²) in [5.41, 5.74) is 10.9. The molecule has 6 fully saturated rings. The molecule has 0 radical (unpaired) electrons. The number of carbonyl (C=O) groups is 2. The van der Waals surface area contributed by atoms with Crippen LogP contribution in [0.15, 0.2) is 83.5 Å². The lowest BCUT2D eigenvalue weighted by molar-refractivity contribution is -0.141. The SMILES string of the molecule is CC(C)[C@H](C(=O)N1C[C@H](O)C[C@H]1C(=O)N[C@@H](C)c1ccc(C#N)cc1)c1cc(OC2CC(C(C)(C)N3CCC(OC4CC(Oc5cc(N6C7CC[C@@H]6CN(c6cc(-c8ccccc8O)nnc6N)C7)ccn5)C4)CC3)C2)no1. The number of para-hydroxylation sites is 1. The van der Waals surface area contributed by atoms with Gasteiger partial charge in [-0.1, -0.05) is 38.1 Å². The fourth-order valence-corrected chi connectivity index (χ4v) is 12.9. The number of piperazine rings is 1. The minimum atomic E-state index is -0.850. The van der Waals surface area contributed by atoms with Gasteiger partial charge in [0.2, 0.25) is 17.7 Å². The first-order valence-electron chi connectivity index (χ1n) is 28.0. The first-order chi connectivity index (χ1) is 37.6. The molecule has 6 atom stereocenters. The molecule has 2 aromatic carbocycles. The van der Waals surface area contributed by atoms with E-state index in [0.717, 1.165) is 94.5 Å². The fourth-order valence-electron chi connectivity index (χ4n) is 12.9. The molecular weight excluding hydrogens is 991 g/mol. The van der Waals surface area contributed by atoms with Gasteiger partial charge in [0.05, 0.1) is 47.4 Å². The maximum absolute atomic E-state index is 14.2. The van der Waals surface area contributed by atoms with Crippen LogP contribution < -0.4 is 30.3 Å². The zero-order valence-electron chi connectivity index (χ0n) is 45.3. The smallest absolute Gasteiger partial charge is 0.254 e. The number of nitrogens with two attached hydrogens (primary N) is 1. The number of aromatic hydroxyl groups is 1. The Kier molecular flexibility index (Phi) is 15.0. The third kappa shape index (κ3) is 10.9. The number of piperidine rings is 1. The third-order valence-corrected chi connectivity index (χ3v) is 17.7. The van der Waals surface area contributed by atoms with Crippen LogP contribution >= 0.6 is 0 Å². The van der Waals surface area contributed by atoms with Crippen LogP contribution in [0, 0.1) is 23.2 Å². The first-order valence-corrected chi connectivity index (χ1v) is 28.0. The summed E-state index contributed by atoms with van der Waals surface area (Å²) in [5, 5.41) is 46.1. The van der Waals surface area contributed by atoms with Gasteiger partial charge in [0.25, 0.3) is 5.88 Å². The standard InChI is InChI=1S/C59H73N11O8/c1-34(2)55(58(74)69-33-42(71)25-50(69)57(73)63-35(3)37-12-10-36(30-60)11-13-37)52-29-54(66-78-52)77-44-22-38(23-44)59(4,5)68-20-17-43(18-21-68)75-45-26-46(27-45)76-53-24-39(16-19-62-53)70-40-14-15-41(70)32-67(31-40)49-28-48(64-65-56(49)61)47-8-6-7-9-51(47)72/h6-13,16,19,24,28-29,34-35,38,40-46,50,55,71-72H,14-15,17-18,20-23,25-27,31-33H2,1-5H3,(H2,61,65)(H,63,73)/t35-,38?,40+,41?,42+,44?,45?,46?,50-,55-/m0/s1. The Bertz CT molecular complexity index is 2970. The molecule has 3 aromatic heterocycles. The summed E-state index contributed by atoms with van der Waals surface area (Å²) in [4.78, 5) is 41.4. The summed E-state index contributed by atoms with van der Waals surface area (Å²) in [6.45, 7) is 13.9. The molecule has 4 saturated heterocycles. The molecular formula is C59H73N11O8. The van der Waals surface area contributed by atoms with Gasteiger partial charge in [0.15, 0.2) is 11.6 Å². The number of aromatic nitrogens is 4. The molecule has 5 aromatic rings. The normalized spacial score (nSPS) is 26.2. The highest BCUT2D eigenvalue weighted by Crippen LogP contribution is 2.44.